The Labute approximate surface area is 167 Å². The highest BCUT2D eigenvalue weighted by Crippen LogP contribution is 2.19. The topological polar surface area (TPSA) is 90.5 Å². The summed E-state index contributed by atoms with van der Waals surface area (Å²) < 4.78 is 7.67. The molecule has 28 heavy (non-hydrogen) atoms. The first-order chi connectivity index (χ1) is 13.4. The minimum absolute atomic E-state index is 0.0186. The van der Waals surface area contributed by atoms with Crippen molar-refractivity contribution in [3.63, 3.8) is 0 Å². The summed E-state index contributed by atoms with van der Waals surface area (Å²) in [4.78, 5) is 35.7. The first-order valence-corrected chi connectivity index (χ1v) is 10.6. The van der Waals surface area contributed by atoms with E-state index in [0.717, 1.165) is 44.9 Å². The lowest BCUT2D eigenvalue weighted by molar-refractivity contribution is -0.143. The van der Waals surface area contributed by atoms with Crippen LogP contribution >= 0.6 is 0 Å². The van der Waals surface area contributed by atoms with Crippen molar-refractivity contribution >= 4 is 11.8 Å². The number of nitrogens with zero attached hydrogens (tertiary/aromatic N) is 2. The Kier molecular flexibility index (Phi) is 11.3. The van der Waals surface area contributed by atoms with Gasteiger partial charge in [0.25, 0.3) is 0 Å². The fourth-order valence-corrected chi connectivity index (χ4v) is 3.26. The van der Waals surface area contributed by atoms with Crippen LogP contribution in [0.5, 0.6) is 5.88 Å². The van der Waals surface area contributed by atoms with Gasteiger partial charge in [-0.3, -0.25) is 18.7 Å². The maximum Gasteiger partial charge on any atom is 0.331 e. The van der Waals surface area contributed by atoms with Crippen LogP contribution in [0.2, 0.25) is 0 Å². The summed E-state index contributed by atoms with van der Waals surface area (Å²) in [6.07, 6.45) is 8.26. The lowest BCUT2D eigenvalue weighted by atomic mass is 10.1. The van der Waals surface area contributed by atoms with Gasteiger partial charge in [-0.25, -0.2) is 4.79 Å². The minimum atomic E-state index is -0.281. The zero-order valence-corrected chi connectivity index (χ0v) is 17.7. The Morgan fingerprint density at radius 3 is 2.32 bits per heavy atom. The molecular formula is C21H36N2O5. The maximum atomic E-state index is 12.4. The molecule has 1 aromatic rings. The van der Waals surface area contributed by atoms with Gasteiger partial charge in [0.05, 0.1) is 12.3 Å². The standard InChI is InChI=1S/C21H36N2O5/c1-4-6-9-12-17(24)15-16-23-18(20(26)22(3)21(23)27)13-10-7-8-11-14-19(25)28-5-2/h26H,4-16H2,1-3H3. The molecule has 0 aliphatic carbocycles. The van der Waals surface area contributed by atoms with Crippen molar-refractivity contribution in [3.05, 3.63) is 16.2 Å². The number of unbranched alkanes of at least 4 members (excludes halogenated alkanes) is 5. The van der Waals surface area contributed by atoms with Crippen molar-refractivity contribution in [2.45, 2.75) is 91.0 Å². The van der Waals surface area contributed by atoms with E-state index in [0.29, 0.717) is 44.5 Å². The normalized spacial score (nSPS) is 11.0. The van der Waals surface area contributed by atoms with Gasteiger partial charge in [0.1, 0.15) is 5.78 Å². The number of ketones is 1. The lowest BCUT2D eigenvalue weighted by Crippen LogP contribution is -2.24. The average Bonchev–Trinajstić information content (AvgIpc) is 2.87. The number of hydrogen-bond donors (Lipinski definition) is 1. The number of carbonyl (C=O) groups excluding carboxylic acids is 2. The number of hydrogen-bond acceptors (Lipinski definition) is 5. The molecule has 7 heteroatoms. The van der Waals surface area contributed by atoms with Crippen molar-refractivity contribution in [3.8, 4) is 5.88 Å². The summed E-state index contributed by atoms with van der Waals surface area (Å²) in [5.41, 5.74) is 0.315. The van der Waals surface area contributed by atoms with Crippen LogP contribution in [-0.2, 0) is 34.3 Å². The number of aromatic hydroxyl groups is 1. The van der Waals surface area contributed by atoms with Crippen LogP contribution in [0.25, 0.3) is 0 Å². The van der Waals surface area contributed by atoms with E-state index in [1.165, 1.54) is 9.13 Å². The molecule has 0 aliphatic rings. The molecule has 1 aromatic heterocycles. The van der Waals surface area contributed by atoms with Crippen molar-refractivity contribution in [2.75, 3.05) is 6.61 Å². The van der Waals surface area contributed by atoms with Crippen molar-refractivity contribution < 1.29 is 19.4 Å². The number of rotatable bonds is 15. The molecule has 0 fully saturated rings. The predicted molar refractivity (Wildman–Crippen MR) is 109 cm³/mol. The quantitative estimate of drug-likeness (QED) is 0.362. The van der Waals surface area contributed by atoms with Gasteiger partial charge in [0, 0.05) is 32.9 Å². The summed E-state index contributed by atoms with van der Waals surface area (Å²) in [7, 11) is 1.54. The molecule has 0 bridgehead atoms. The summed E-state index contributed by atoms with van der Waals surface area (Å²) in [6, 6.07) is 0. The van der Waals surface area contributed by atoms with E-state index in [2.05, 4.69) is 6.92 Å². The molecule has 0 aliphatic heterocycles. The molecule has 0 amide bonds. The van der Waals surface area contributed by atoms with Gasteiger partial charge in [0.15, 0.2) is 0 Å². The molecule has 0 saturated carbocycles. The van der Waals surface area contributed by atoms with Gasteiger partial charge in [-0.05, 0) is 32.6 Å². The van der Waals surface area contributed by atoms with E-state index in [9.17, 15) is 19.5 Å². The second-order valence-electron chi connectivity index (χ2n) is 7.23. The first kappa shape index (κ1) is 24.0. The molecule has 1 N–H and O–H groups in total. The number of carbonyl (C=O) groups is 2. The molecule has 1 rings (SSSR count). The fraction of sp³-hybridized carbons (Fsp3) is 0.762. The third kappa shape index (κ3) is 7.90. The van der Waals surface area contributed by atoms with Gasteiger partial charge >= 0.3 is 11.7 Å². The molecule has 1 heterocycles. The molecule has 0 aromatic carbocycles. The summed E-state index contributed by atoms with van der Waals surface area (Å²) in [6.45, 7) is 4.61. The van der Waals surface area contributed by atoms with Crippen LogP contribution in [0, 0.1) is 0 Å². The Morgan fingerprint density at radius 1 is 0.964 bits per heavy atom. The Balaban J connectivity index is 2.50. The summed E-state index contributed by atoms with van der Waals surface area (Å²) in [5.74, 6) is -0.0239. The Bertz CT molecular complexity index is 675. The molecule has 7 nitrogen and oxygen atoms in total. The molecule has 0 spiro atoms. The second-order valence-corrected chi connectivity index (χ2v) is 7.23. The van der Waals surface area contributed by atoms with Crippen LogP contribution in [0.15, 0.2) is 4.79 Å². The molecule has 0 atom stereocenters. The summed E-state index contributed by atoms with van der Waals surface area (Å²) >= 11 is 0. The highest BCUT2D eigenvalue weighted by molar-refractivity contribution is 5.78. The number of Topliss-reactive ketones (excluding diaryl/α,β-unsaturated/α-hetero) is 1. The van der Waals surface area contributed by atoms with Crippen molar-refractivity contribution in [1.29, 1.82) is 0 Å². The smallest absolute Gasteiger partial charge is 0.331 e. The number of imidazole rings is 1. The van der Waals surface area contributed by atoms with E-state index < -0.39 is 0 Å². The predicted octanol–water partition coefficient (Wildman–Crippen LogP) is 3.49. The van der Waals surface area contributed by atoms with Crippen molar-refractivity contribution in [1.82, 2.24) is 9.13 Å². The monoisotopic (exact) mass is 396 g/mol. The number of esters is 1. The minimum Gasteiger partial charge on any atom is -0.493 e. The van der Waals surface area contributed by atoms with E-state index in [1.807, 2.05) is 0 Å². The van der Waals surface area contributed by atoms with E-state index >= 15 is 0 Å². The van der Waals surface area contributed by atoms with E-state index in [-0.39, 0.29) is 23.3 Å². The van der Waals surface area contributed by atoms with Gasteiger partial charge < -0.3 is 9.84 Å². The van der Waals surface area contributed by atoms with Gasteiger partial charge in [-0.1, -0.05) is 32.6 Å². The molecule has 160 valence electrons. The van der Waals surface area contributed by atoms with Crippen molar-refractivity contribution in [2.24, 2.45) is 7.05 Å². The highest BCUT2D eigenvalue weighted by Gasteiger charge is 2.17. The largest absolute Gasteiger partial charge is 0.493 e. The second kappa shape index (κ2) is 13.2. The maximum absolute atomic E-state index is 12.4. The fourth-order valence-electron chi connectivity index (χ4n) is 3.26. The van der Waals surface area contributed by atoms with E-state index in [4.69, 9.17) is 4.74 Å². The SMILES string of the molecule is CCCCCC(=O)CCn1c(CCCCCCC(=O)OCC)c(O)n(C)c1=O. The Morgan fingerprint density at radius 2 is 1.64 bits per heavy atom. The third-order valence-corrected chi connectivity index (χ3v) is 4.94. The molecular weight excluding hydrogens is 360 g/mol. The highest BCUT2D eigenvalue weighted by atomic mass is 16.5. The average molecular weight is 397 g/mol. The van der Waals surface area contributed by atoms with E-state index in [1.54, 1.807) is 14.0 Å². The van der Waals surface area contributed by atoms with Crippen LogP contribution in [0.1, 0.15) is 83.7 Å². The zero-order chi connectivity index (χ0) is 20.9. The lowest BCUT2D eigenvalue weighted by Gasteiger charge is -2.08. The van der Waals surface area contributed by atoms with Crippen LogP contribution < -0.4 is 5.69 Å². The third-order valence-electron chi connectivity index (χ3n) is 4.94. The van der Waals surface area contributed by atoms with Gasteiger partial charge in [-0.2, -0.15) is 0 Å². The summed E-state index contributed by atoms with van der Waals surface area (Å²) in [5, 5.41) is 10.3. The Hall–Kier alpha value is -2.05. The molecule has 0 saturated heterocycles. The van der Waals surface area contributed by atoms with Crippen LogP contribution in [-0.4, -0.2) is 32.6 Å². The number of ether oxygens (including phenoxy) is 1. The zero-order valence-electron chi connectivity index (χ0n) is 17.7. The number of aromatic nitrogens is 2. The van der Waals surface area contributed by atoms with Crippen LogP contribution in [0.4, 0.5) is 0 Å². The van der Waals surface area contributed by atoms with Gasteiger partial charge in [-0.15, -0.1) is 0 Å². The first-order valence-electron chi connectivity index (χ1n) is 10.6. The van der Waals surface area contributed by atoms with Gasteiger partial charge in [0.2, 0.25) is 5.88 Å². The molecule has 0 unspecified atom stereocenters. The van der Waals surface area contributed by atoms with Crippen LogP contribution in [0.3, 0.4) is 0 Å². The molecule has 0 radical (unpaired) electrons.